The average molecular weight is 358 g/mol. The van der Waals surface area contributed by atoms with Crippen LogP contribution in [-0.4, -0.2) is 64.9 Å². The van der Waals surface area contributed by atoms with Crippen LogP contribution < -0.4 is 5.32 Å². The maximum atomic E-state index is 5.58. The van der Waals surface area contributed by atoms with Crippen molar-refractivity contribution in [2.75, 3.05) is 39.4 Å². The van der Waals surface area contributed by atoms with E-state index < -0.39 is 0 Å². The summed E-state index contributed by atoms with van der Waals surface area (Å²) in [5.41, 5.74) is 0.900. The molecule has 0 radical (unpaired) electrons. The van der Waals surface area contributed by atoms with E-state index in [2.05, 4.69) is 34.3 Å². The standard InChI is InChI=1S/C19H30N6O/c1-3-20-19(24-13-10-16(14-24)15-26-4-2)21-11-7-9-18-23-22-17-8-5-6-12-25(17)18/h5-6,8,12,16H,3-4,7,9-11,13-15H2,1-2H3,(H,20,21). The highest BCUT2D eigenvalue weighted by Gasteiger charge is 2.24. The predicted molar refractivity (Wildman–Crippen MR) is 103 cm³/mol. The Bertz CT molecular complexity index is 713. The topological polar surface area (TPSA) is 67.0 Å². The lowest BCUT2D eigenvalue weighted by atomic mass is 10.1. The van der Waals surface area contributed by atoms with Gasteiger partial charge < -0.3 is 15.0 Å². The van der Waals surface area contributed by atoms with E-state index in [1.807, 2.05) is 28.8 Å². The number of fused-ring (bicyclic) bond motifs is 1. The quantitative estimate of drug-likeness (QED) is 0.444. The molecule has 1 unspecified atom stereocenters. The molecule has 0 spiro atoms. The molecule has 3 heterocycles. The van der Waals surface area contributed by atoms with Crippen molar-refractivity contribution in [1.29, 1.82) is 0 Å². The van der Waals surface area contributed by atoms with E-state index in [4.69, 9.17) is 9.73 Å². The Kier molecular flexibility index (Phi) is 6.82. The number of aliphatic imine (C=N–C) groups is 1. The minimum Gasteiger partial charge on any atom is -0.381 e. The van der Waals surface area contributed by atoms with Gasteiger partial charge in [-0.3, -0.25) is 9.39 Å². The number of likely N-dealkylation sites (tertiary alicyclic amines) is 1. The van der Waals surface area contributed by atoms with Gasteiger partial charge in [-0.05, 0) is 38.8 Å². The third kappa shape index (κ3) is 4.72. The van der Waals surface area contributed by atoms with Gasteiger partial charge in [0.25, 0.3) is 0 Å². The summed E-state index contributed by atoms with van der Waals surface area (Å²) in [6, 6.07) is 5.97. The maximum absolute atomic E-state index is 5.58. The zero-order chi connectivity index (χ0) is 18.2. The highest BCUT2D eigenvalue weighted by molar-refractivity contribution is 5.80. The summed E-state index contributed by atoms with van der Waals surface area (Å²) in [5.74, 6) is 2.64. The van der Waals surface area contributed by atoms with Crippen LogP contribution in [0.5, 0.6) is 0 Å². The van der Waals surface area contributed by atoms with Gasteiger partial charge in [0, 0.05) is 51.3 Å². The molecule has 26 heavy (non-hydrogen) atoms. The van der Waals surface area contributed by atoms with Gasteiger partial charge in [0.15, 0.2) is 11.6 Å². The number of guanidine groups is 1. The number of ether oxygens (including phenoxy) is 1. The molecule has 142 valence electrons. The highest BCUT2D eigenvalue weighted by atomic mass is 16.5. The molecule has 1 aliphatic heterocycles. The summed E-state index contributed by atoms with van der Waals surface area (Å²) < 4.78 is 7.63. The Morgan fingerprint density at radius 2 is 2.27 bits per heavy atom. The van der Waals surface area contributed by atoms with E-state index >= 15 is 0 Å². The van der Waals surface area contributed by atoms with Gasteiger partial charge in [0.1, 0.15) is 5.82 Å². The summed E-state index contributed by atoms with van der Waals surface area (Å²) in [4.78, 5) is 7.18. The molecule has 2 aromatic rings. The molecule has 1 saturated heterocycles. The molecule has 0 aliphatic carbocycles. The number of nitrogens with one attached hydrogen (secondary N) is 1. The molecule has 1 N–H and O–H groups in total. The number of hydrogen-bond acceptors (Lipinski definition) is 4. The SMILES string of the molecule is CCNC(=NCCCc1nnc2ccccn12)N1CCC(COCC)C1. The summed E-state index contributed by atoms with van der Waals surface area (Å²) >= 11 is 0. The molecule has 1 fully saturated rings. The van der Waals surface area contributed by atoms with Crippen LogP contribution in [0.3, 0.4) is 0 Å². The molecule has 3 rings (SSSR count). The van der Waals surface area contributed by atoms with Crippen LogP contribution in [0.1, 0.15) is 32.5 Å². The summed E-state index contributed by atoms with van der Waals surface area (Å²) in [6.45, 7) is 9.58. The first-order valence-electron chi connectivity index (χ1n) is 9.71. The van der Waals surface area contributed by atoms with E-state index in [1.165, 1.54) is 6.42 Å². The molecule has 2 aromatic heterocycles. The molecule has 1 aliphatic rings. The van der Waals surface area contributed by atoms with Crippen LogP contribution in [0.2, 0.25) is 0 Å². The molecule has 7 heteroatoms. The summed E-state index contributed by atoms with van der Waals surface area (Å²) in [7, 11) is 0. The Hall–Kier alpha value is -2.15. The van der Waals surface area contributed by atoms with Gasteiger partial charge in [-0.25, -0.2) is 0 Å². The van der Waals surface area contributed by atoms with Crippen LogP contribution in [-0.2, 0) is 11.2 Å². The van der Waals surface area contributed by atoms with Crippen molar-refractivity contribution in [2.45, 2.75) is 33.1 Å². The van der Waals surface area contributed by atoms with Crippen molar-refractivity contribution in [3.63, 3.8) is 0 Å². The number of aromatic nitrogens is 3. The number of pyridine rings is 1. The van der Waals surface area contributed by atoms with Crippen LogP contribution in [0.4, 0.5) is 0 Å². The zero-order valence-electron chi connectivity index (χ0n) is 15.9. The first-order chi connectivity index (χ1) is 12.8. The molecule has 1 atom stereocenters. The van der Waals surface area contributed by atoms with Gasteiger partial charge in [-0.1, -0.05) is 6.07 Å². The Balaban J connectivity index is 1.51. The molecule has 0 saturated carbocycles. The number of aryl methyl sites for hydroxylation is 1. The lowest BCUT2D eigenvalue weighted by Gasteiger charge is -2.21. The third-order valence-corrected chi connectivity index (χ3v) is 4.68. The van der Waals surface area contributed by atoms with Crippen LogP contribution in [0.15, 0.2) is 29.4 Å². The predicted octanol–water partition coefficient (Wildman–Crippen LogP) is 1.99. The summed E-state index contributed by atoms with van der Waals surface area (Å²) in [6.07, 6.45) is 5.03. The minimum absolute atomic E-state index is 0.612. The van der Waals surface area contributed by atoms with Gasteiger partial charge in [-0.2, -0.15) is 0 Å². The van der Waals surface area contributed by atoms with Crippen molar-refractivity contribution in [3.05, 3.63) is 30.2 Å². The van der Waals surface area contributed by atoms with Crippen molar-refractivity contribution < 1.29 is 4.74 Å². The molecule has 0 bridgehead atoms. The second-order valence-corrected chi connectivity index (χ2v) is 6.64. The van der Waals surface area contributed by atoms with Crippen molar-refractivity contribution >= 4 is 11.6 Å². The highest BCUT2D eigenvalue weighted by Crippen LogP contribution is 2.16. The van der Waals surface area contributed by atoms with Gasteiger partial charge >= 0.3 is 0 Å². The monoisotopic (exact) mass is 358 g/mol. The second-order valence-electron chi connectivity index (χ2n) is 6.64. The normalized spacial score (nSPS) is 18.0. The Labute approximate surface area is 155 Å². The molecule has 7 nitrogen and oxygen atoms in total. The van der Waals surface area contributed by atoms with E-state index in [-0.39, 0.29) is 0 Å². The second kappa shape index (κ2) is 9.52. The zero-order valence-corrected chi connectivity index (χ0v) is 15.9. The van der Waals surface area contributed by atoms with Crippen molar-refractivity contribution in [3.8, 4) is 0 Å². The molecular weight excluding hydrogens is 328 g/mol. The van der Waals surface area contributed by atoms with E-state index in [1.54, 1.807) is 0 Å². The number of nitrogens with zero attached hydrogens (tertiary/aromatic N) is 5. The van der Waals surface area contributed by atoms with E-state index in [9.17, 15) is 0 Å². The van der Waals surface area contributed by atoms with Crippen LogP contribution in [0, 0.1) is 5.92 Å². The lowest BCUT2D eigenvalue weighted by Crippen LogP contribution is -2.40. The average Bonchev–Trinajstić information content (AvgIpc) is 3.30. The molecular formula is C19H30N6O. The van der Waals surface area contributed by atoms with Crippen LogP contribution >= 0.6 is 0 Å². The van der Waals surface area contributed by atoms with Crippen molar-refractivity contribution in [2.24, 2.45) is 10.9 Å². The van der Waals surface area contributed by atoms with Crippen molar-refractivity contribution in [1.82, 2.24) is 24.8 Å². The summed E-state index contributed by atoms with van der Waals surface area (Å²) in [5, 5.41) is 11.9. The number of rotatable bonds is 8. The van der Waals surface area contributed by atoms with E-state index in [0.29, 0.717) is 5.92 Å². The van der Waals surface area contributed by atoms with Gasteiger partial charge in [0.2, 0.25) is 0 Å². The largest absolute Gasteiger partial charge is 0.381 e. The maximum Gasteiger partial charge on any atom is 0.193 e. The van der Waals surface area contributed by atoms with Gasteiger partial charge in [0.05, 0.1) is 6.61 Å². The van der Waals surface area contributed by atoms with Gasteiger partial charge in [-0.15, -0.1) is 10.2 Å². The minimum atomic E-state index is 0.612. The smallest absolute Gasteiger partial charge is 0.193 e. The molecule has 0 amide bonds. The Morgan fingerprint density at radius 1 is 1.35 bits per heavy atom. The molecule has 0 aromatic carbocycles. The first kappa shape index (κ1) is 18.6. The fourth-order valence-electron chi connectivity index (χ4n) is 3.35. The third-order valence-electron chi connectivity index (χ3n) is 4.68. The fourth-order valence-corrected chi connectivity index (χ4v) is 3.35. The van der Waals surface area contributed by atoms with Crippen LogP contribution in [0.25, 0.3) is 5.65 Å². The number of hydrogen-bond donors (Lipinski definition) is 1. The lowest BCUT2D eigenvalue weighted by molar-refractivity contribution is 0.114. The Morgan fingerprint density at radius 3 is 3.12 bits per heavy atom. The fraction of sp³-hybridized carbons (Fsp3) is 0.632. The first-order valence-corrected chi connectivity index (χ1v) is 9.71. The van der Waals surface area contributed by atoms with E-state index in [0.717, 1.165) is 69.7 Å².